The van der Waals surface area contributed by atoms with Crippen LogP contribution in [0.3, 0.4) is 0 Å². The number of aromatic nitrogens is 1. The molecule has 1 aromatic heterocycles. The van der Waals surface area contributed by atoms with E-state index in [1.807, 2.05) is 6.92 Å². The van der Waals surface area contributed by atoms with E-state index in [-0.39, 0.29) is 18.0 Å². The molecule has 2 aliphatic rings. The molecule has 3 heterocycles. The second kappa shape index (κ2) is 8.58. The van der Waals surface area contributed by atoms with E-state index in [1.165, 1.54) is 5.69 Å². The lowest BCUT2D eigenvalue weighted by atomic mass is 10.1. The number of carbonyl (C=O) groups excluding carboxylic acids is 2. The Morgan fingerprint density at radius 1 is 1.23 bits per heavy atom. The minimum atomic E-state index is -0.250. The highest BCUT2D eigenvalue weighted by Gasteiger charge is 2.30. The molecule has 2 saturated heterocycles. The van der Waals surface area contributed by atoms with Gasteiger partial charge in [-0.15, -0.1) is 0 Å². The van der Waals surface area contributed by atoms with Gasteiger partial charge in [0.2, 0.25) is 5.91 Å². The summed E-state index contributed by atoms with van der Waals surface area (Å²) in [6, 6.07) is 4.67. The van der Waals surface area contributed by atoms with Crippen LogP contribution in [-0.2, 0) is 16.6 Å². The van der Waals surface area contributed by atoms with E-state index in [2.05, 4.69) is 40.2 Å². The molecule has 144 valence electrons. The number of ether oxygens (including phenoxy) is 1. The van der Waals surface area contributed by atoms with Crippen LogP contribution in [0, 0.1) is 0 Å². The molecule has 2 aliphatic heterocycles. The molecular weight excluding hydrogens is 332 g/mol. The SMILES string of the molecule is CCOC(=O)N1CCC(NC(=O)CN2CCC[C@H]2c2cccn2C)CC1. The number of piperidine rings is 1. The van der Waals surface area contributed by atoms with Crippen molar-refractivity contribution in [2.24, 2.45) is 7.05 Å². The molecule has 0 bridgehead atoms. The van der Waals surface area contributed by atoms with Crippen LogP contribution in [0.25, 0.3) is 0 Å². The first-order valence-electron chi connectivity index (χ1n) is 9.64. The lowest BCUT2D eigenvalue weighted by Crippen LogP contribution is -2.48. The average Bonchev–Trinajstić information content (AvgIpc) is 3.24. The van der Waals surface area contributed by atoms with Crippen molar-refractivity contribution in [2.75, 3.05) is 32.8 Å². The Morgan fingerprint density at radius 2 is 2.00 bits per heavy atom. The van der Waals surface area contributed by atoms with E-state index in [4.69, 9.17) is 4.74 Å². The Hall–Kier alpha value is -2.02. The van der Waals surface area contributed by atoms with Crippen molar-refractivity contribution in [3.8, 4) is 0 Å². The number of hydrogen-bond acceptors (Lipinski definition) is 4. The van der Waals surface area contributed by atoms with Gasteiger partial charge < -0.3 is 19.5 Å². The molecule has 0 aromatic carbocycles. The number of likely N-dealkylation sites (tertiary alicyclic amines) is 2. The molecule has 1 N–H and O–H groups in total. The zero-order chi connectivity index (χ0) is 18.5. The fourth-order valence-corrected chi connectivity index (χ4v) is 4.05. The lowest BCUT2D eigenvalue weighted by molar-refractivity contribution is -0.123. The van der Waals surface area contributed by atoms with Gasteiger partial charge in [0.15, 0.2) is 0 Å². The van der Waals surface area contributed by atoms with Crippen LogP contribution >= 0.6 is 0 Å². The molecule has 1 aromatic rings. The van der Waals surface area contributed by atoms with Crippen molar-refractivity contribution >= 4 is 12.0 Å². The van der Waals surface area contributed by atoms with E-state index in [1.54, 1.807) is 4.90 Å². The maximum Gasteiger partial charge on any atom is 0.409 e. The minimum Gasteiger partial charge on any atom is -0.450 e. The van der Waals surface area contributed by atoms with E-state index in [0.717, 1.165) is 32.2 Å². The van der Waals surface area contributed by atoms with Gasteiger partial charge in [-0.3, -0.25) is 9.69 Å². The maximum atomic E-state index is 12.5. The minimum absolute atomic E-state index is 0.0840. The van der Waals surface area contributed by atoms with Crippen LogP contribution in [0.1, 0.15) is 44.3 Å². The zero-order valence-electron chi connectivity index (χ0n) is 15.8. The van der Waals surface area contributed by atoms with Crippen LogP contribution in [0.4, 0.5) is 4.79 Å². The van der Waals surface area contributed by atoms with Crippen molar-refractivity contribution < 1.29 is 14.3 Å². The molecule has 1 atom stereocenters. The first-order chi connectivity index (χ1) is 12.6. The number of rotatable bonds is 5. The summed E-state index contributed by atoms with van der Waals surface area (Å²) < 4.78 is 7.18. The van der Waals surface area contributed by atoms with E-state index in [9.17, 15) is 9.59 Å². The van der Waals surface area contributed by atoms with Gasteiger partial charge in [-0.05, 0) is 51.3 Å². The predicted molar refractivity (Wildman–Crippen MR) is 98.7 cm³/mol. The van der Waals surface area contributed by atoms with Crippen molar-refractivity contribution in [1.29, 1.82) is 0 Å². The highest BCUT2D eigenvalue weighted by Crippen LogP contribution is 2.31. The van der Waals surface area contributed by atoms with Crippen LogP contribution < -0.4 is 5.32 Å². The number of nitrogens with zero attached hydrogens (tertiary/aromatic N) is 3. The Bertz CT molecular complexity index is 622. The summed E-state index contributed by atoms with van der Waals surface area (Å²) >= 11 is 0. The van der Waals surface area contributed by atoms with Gasteiger partial charge in [0.25, 0.3) is 0 Å². The fraction of sp³-hybridized carbons (Fsp3) is 0.684. The third-order valence-electron chi connectivity index (χ3n) is 5.42. The summed E-state index contributed by atoms with van der Waals surface area (Å²) in [7, 11) is 2.06. The van der Waals surface area contributed by atoms with Gasteiger partial charge in [-0.25, -0.2) is 4.79 Å². The van der Waals surface area contributed by atoms with Gasteiger partial charge in [0.1, 0.15) is 0 Å². The van der Waals surface area contributed by atoms with Gasteiger partial charge in [-0.1, -0.05) is 0 Å². The van der Waals surface area contributed by atoms with Crippen LogP contribution in [-0.4, -0.2) is 65.2 Å². The highest BCUT2D eigenvalue weighted by atomic mass is 16.6. The summed E-state index contributed by atoms with van der Waals surface area (Å²) in [5.41, 5.74) is 1.28. The van der Waals surface area contributed by atoms with Gasteiger partial charge >= 0.3 is 6.09 Å². The molecule has 26 heavy (non-hydrogen) atoms. The quantitative estimate of drug-likeness (QED) is 0.869. The standard InChI is InChI=1S/C19H30N4O3/c1-3-26-19(25)22-12-8-15(9-13-22)20-18(24)14-23-11-5-7-17(23)16-6-4-10-21(16)2/h4,6,10,15,17H,3,5,7-9,11-14H2,1-2H3,(H,20,24)/t17-/m0/s1. The maximum absolute atomic E-state index is 12.5. The molecule has 0 unspecified atom stereocenters. The summed E-state index contributed by atoms with van der Waals surface area (Å²) in [5, 5.41) is 3.15. The largest absolute Gasteiger partial charge is 0.450 e. The molecule has 0 saturated carbocycles. The molecule has 2 amide bonds. The first-order valence-corrected chi connectivity index (χ1v) is 9.64. The Kier molecular flexibility index (Phi) is 6.19. The van der Waals surface area contributed by atoms with Gasteiger partial charge in [-0.2, -0.15) is 0 Å². The topological polar surface area (TPSA) is 66.8 Å². The second-order valence-electron chi connectivity index (χ2n) is 7.20. The summed E-state index contributed by atoms with van der Waals surface area (Å²) in [4.78, 5) is 28.3. The number of amides is 2. The molecule has 0 aliphatic carbocycles. The van der Waals surface area contributed by atoms with Gasteiger partial charge in [0, 0.05) is 38.1 Å². The molecule has 7 heteroatoms. The Morgan fingerprint density at radius 3 is 2.65 bits per heavy atom. The molecule has 3 rings (SSSR count). The average molecular weight is 362 g/mol. The highest BCUT2D eigenvalue weighted by molar-refractivity contribution is 5.78. The summed E-state index contributed by atoms with van der Waals surface area (Å²) in [5.74, 6) is 0.0840. The van der Waals surface area contributed by atoms with Crippen LogP contribution in [0.15, 0.2) is 18.3 Å². The Balaban J connectivity index is 1.46. The molecule has 2 fully saturated rings. The van der Waals surface area contributed by atoms with Gasteiger partial charge in [0.05, 0.1) is 19.2 Å². The molecular formula is C19H30N4O3. The number of carbonyl (C=O) groups is 2. The number of nitrogens with one attached hydrogen (secondary N) is 1. The zero-order valence-corrected chi connectivity index (χ0v) is 15.8. The molecule has 7 nitrogen and oxygen atoms in total. The van der Waals surface area contributed by atoms with Crippen LogP contribution in [0.2, 0.25) is 0 Å². The number of hydrogen-bond donors (Lipinski definition) is 1. The Labute approximate surface area is 155 Å². The van der Waals surface area contributed by atoms with Crippen molar-refractivity contribution in [2.45, 2.75) is 44.7 Å². The lowest BCUT2D eigenvalue weighted by Gasteiger charge is -2.32. The molecule has 0 radical (unpaired) electrons. The third kappa shape index (κ3) is 4.38. The normalized spacial score (nSPS) is 21.8. The smallest absolute Gasteiger partial charge is 0.409 e. The van der Waals surface area contributed by atoms with E-state index in [0.29, 0.717) is 32.3 Å². The summed E-state index contributed by atoms with van der Waals surface area (Å²) in [6.45, 7) is 4.89. The van der Waals surface area contributed by atoms with E-state index >= 15 is 0 Å². The fourth-order valence-electron chi connectivity index (χ4n) is 4.05. The predicted octanol–water partition coefficient (Wildman–Crippen LogP) is 1.90. The monoisotopic (exact) mass is 362 g/mol. The third-order valence-corrected chi connectivity index (χ3v) is 5.42. The first kappa shape index (κ1) is 18.8. The van der Waals surface area contributed by atoms with Crippen molar-refractivity contribution in [3.63, 3.8) is 0 Å². The second-order valence-corrected chi connectivity index (χ2v) is 7.20. The molecule has 0 spiro atoms. The van der Waals surface area contributed by atoms with Crippen LogP contribution in [0.5, 0.6) is 0 Å². The number of aryl methyl sites for hydroxylation is 1. The summed E-state index contributed by atoms with van der Waals surface area (Å²) in [6.07, 6.45) is 5.60. The van der Waals surface area contributed by atoms with Crippen molar-refractivity contribution in [1.82, 2.24) is 19.7 Å². The van der Waals surface area contributed by atoms with Crippen molar-refractivity contribution in [3.05, 3.63) is 24.0 Å². The van der Waals surface area contributed by atoms with E-state index < -0.39 is 0 Å².